The number of para-hydroxylation sites is 1. The van der Waals surface area contributed by atoms with Crippen LogP contribution in [0.25, 0.3) is 11.0 Å². The van der Waals surface area contributed by atoms with Crippen LogP contribution in [0.1, 0.15) is 69.1 Å². The molecule has 1 unspecified atom stereocenters. The number of fused-ring (bicyclic) bond motifs is 1. The summed E-state index contributed by atoms with van der Waals surface area (Å²) in [5, 5.41) is 6.39. The number of halogens is 2. The van der Waals surface area contributed by atoms with Crippen LogP contribution in [0.2, 0.25) is 0 Å². The van der Waals surface area contributed by atoms with Gasteiger partial charge in [-0.15, -0.1) is 0 Å². The van der Waals surface area contributed by atoms with Crippen LogP contribution < -0.4 is 21.6 Å². The van der Waals surface area contributed by atoms with Crippen LogP contribution in [0.5, 0.6) is 0 Å². The lowest BCUT2D eigenvalue weighted by Crippen LogP contribution is -2.46. The number of hydrogen-bond donors (Lipinski definition) is 2. The highest BCUT2D eigenvalue weighted by Crippen LogP contribution is 2.40. The van der Waals surface area contributed by atoms with Gasteiger partial charge in [-0.1, -0.05) is 6.07 Å². The Balaban J connectivity index is 1.09. The minimum Gasteiger partial charge on any atom is -0.396 e. The Morgan fingerprint density at radius 2 is 1.83 bits per heavy atom. The highest BCUT2D eigenvalue weighted by Gasteiger charge is 2.35. The monoisotopic (exact) mass is 584 g/mol. The van der Waals surface area contributed by atoms with Crippen molar-refractivity contribution < 1.29 is 18.4 Å². The summed E-state index contributed by atoms with van der Waals surface area (Å²) in [5.74, 6) is -0.158. The zero-order valence-corrected chi connectivity index (χ0v) is 24.0. The number of imide groups is 1. The van der Waals surface area contributed by atoms with E-state index in [1.54, 1.807) is 20.9 Å². The third-order valence-corrected chi connectivity index (χ3v) is 9.41. The lowest BCUT2D eigenvalue weighted by Gasteiger charge is -2.42. The van der Waals surface area contributed by atoms with Crippen LogP contribution in [0.4, 0.5) is 20.2 Å². The number of aromatic nitrogens is 4. The fraction of sp³-hybridized carbons (Fsp3) is 0.586. The van der Waals surface area contributed by atoms with Gasteiger partial charge in [-0.2, -0.15) is 5.10 Å². The van der Waals surface area contributed by atoms with Gasteiger partial charge < -0.3 is 15.5 Å². The zero-order valence-electron chi connectivity index (χ0n) is 24.0. The number of alkyl halides is 2. The maximum Gasteiger partial charge on any atom is 0.329 e. The number of hydrogen-bond acceptors (Lipinski definition) is 7. The maximum absolute atomic E-state index is 13.4. The molecule has 42 heavy (non-hydrogen) atoms. The van der Waals surface area contributed by atoms with Gasteiger partial charge in [0.05, 0.1) is 28.5 Å². The molecule has 3 N–H and O–H groups in total. The molecule has 226 valence electrons. The summed E-state index contributed by atoms with van der Waals surface area (Å²) in [6.45, 7) is 2.65. The second-order valence-corrected chi connectivity index (χ2v) is 12.1. The smallest absolute Gasteiger partial charge is 0.329 e. The molecule has 1 aliphatic carbocycles. The number of carbonyl (C=O) groups excluding carboxylic acids is 2. The quantitative estimate of drug-likeness (QED) is 0.410. The molecule has 0 radical (unpaired) electrons. The van der Waals surface area contributed by atoms with Crippen LogP contribution in [0.15, 0.2) is 29.2 Å². The van der Waals surface area contributed by atoms with E-state index in [1.807, 2.05) is 12.1 Å². The number of anilines is 2. The van der Waals surface area contributed by atoms with Gasteiger partial charge in [-0.3, -0.25) is 28.7 Å². The molecule has 1 aromatic carbocycles. The number of aryl methyl sites for hydroxylation is 1. The molecule has 4 heterocycles. The molecule has 3 aromatic rings. The van der Waals surface area contributed by atoms with E-state index in [0.717, 1.165) is 62.0 Å². The third kappa shape index (κ3) is 5.18. The van der Waals surface area contributed by atoms with E-state index in [4.69, 9.17) is 5.73 Å². The number of piperidine rings is 1. The average Bonchev–Trinajstić information content (AvgIpc) is 3.38. The van der Waals surface area contributed by atoms with Gasteiger partial charge in [0, 0.05) is 57.8 Å². The summed E-state index contributed by atoms with van der Waals surface area (Å²) < 4.78 is 31.0. The molecule has 0 spiro atoms. The minimum atomic E-state index is -2.66. The van der Waals surface area contributed by atoms with Crippen molar-refractivity contribution in [1.29, 1.82) is 0 Å². The van der Waals surface area contributed by atoms with E-state index in [1.165, 1.54) is 6.20 Å². The number of nitrogens with zero attached hydrogens (tertiary/aromatic N) is 6. The van der Waals surface area contributed by atoms with E-state index >= 15 is 0 Å². The molecule has 2 saturated heterocycles. The van der Waals surface area contributed by atoms with Crippen molar-refractivity contribution in [2.45, 2.75) is 69.5 Å². The third-order valence-electron chi connectivity index (χ3n) is 9.41. The van der Waals surface area contributed by atoms with Crippen molar-refractivity contribution in [2.24, 2.45) is 13.0 Å². The largest absolute Gasteiger partial charge is 0.396 e. The summed E-state index contributed by atoms with van der Waals surface area (Å²) >= 11 is 0. The Labute approximate surface area is 242 Å². The molecule has 2 aliphatic heterocycles. The molecule has 6 rings (SSSR count). The fourth-order valence-electron chi connectivity index (χ4n) is 7.07. The van der Waals surface area contributed by atoms with Gasteiger partial charge in [0.25, 0.3) is 6.43 Å². The predicted molar refractivity (Wildman–Crippen MR) is 154 cm³/mol. The van der Waals surface area contributed by atoms with Crippen LogP contribution in [0, 0.1) is 5.92 Å². The average molecular weight is 585 g/mol. The van der Waals surface area contributed by atoms with E-state index in [2.05, 4.69) is 33.3 Å². The zero-order chi connectivity index (χ0) is 29.7. The summed E-state index contributed by atoms with van der Waals surface area (Å²) in [6.07, 6.45) is 3.38. The first-order chi connectivity index (χ1) is 20.1. The highest BCUT2D eigenvalue weighted by molar-refractivity contribution is 5.96. The second kappa shape index (κ2) is 11.2. The molecule has 2 aromatic heterocycles. The Morgan fingerprint density at radius 3 is 2.52 bits per heavy atom. The Morgan fingerprint density at radius 1 is 1.10 bits per heavy atom. The Bertz CT molecular complexity index is 1550. The van der Waals surface area contributed by atoms with E-state index in [-0.39, 0.29) is 53.8 Å². The lowest BCUT2D eigenvalue weighted by molar-refractivity contribution is -0.129. The normalized spacial score (nSPS) is 24.0. The molecule has 3 fully saturated rings. The van der Waals surface area contributed by atoms with Crippen molar-refractivity contribution in [1.82, 2.24) is 29.1 Å². The molecule has 3 aliphatic rings. The van der Waals surface area contributed by atoms with Crippen molar-refractivity contribution in [2.75, 3.05) is 37.3 Å². The first kappa shape index (κ1) is 28.4. The summed E-state index contributed by atoms with van der Waals surface area (Å²) in [6, 6.07) is 6.11. The molecule has 2 amide bonds. The maximum atomic E-state index is 13.4. The van der Waals surface area contributed by atoms with Crippen molar-refractivity contribution >= 4 is 34.2 Å². The van der Waals surface area contributed by atoms with Crippen LogP contribution >= 0.6 is 0 Å². The number of imidazole rings is 1. The van der Waals surface area contributed by atoms with Crippen molar-refractivity contribution in [3.63, 3.8) is 0 Å². The van der Waals surface area contributed by atoms with Crippen molar-refractivity contribution in [3.8, 4) is 0 Å². The Hall–Kier alpha value is -3.74. The first-order valence-electron chi connectivity index (χ1n) is 14.7. The molecular weight excluding hydrogens is 546 g/mol. The minimum absolute atomic E-state index is 0.0537. The molecular formula is C29H38F2N8O3. The number of amides is 2. The number of rotatable bonds is 7. The molecule has 11 nitrogen and oxygen atoms in total. The number of carbonyl (C=O) groups is 2. The van der Waals surface area contributed by atoms with Crippen LogP contribution in [-0.4, -0.2) is 68.4 Å². The van der Waals surface area contributed by atoms with Crippen LogP contribution in [-0.2, 0) is 16.6 Å². The predicted octanol–water partition coefficient (Wildman–Crippen LogP) is 2.98. The topological polar surface area (TPSA) is 123 Å². The number of benzene rings is 1. The number of nitrogens with two attached hydrogens (primary N) is 1. The summed E-state index contributed by atoms with van der Waals surface area (Å²) in [5.41, 5.74) is 7.88. The fourth-order valence-corrected chi connectivity index (χ4v) is 7.07. The van der Waals surface area contributed by atoms with E-state index in [0.29, 0.717) is 18.4 Å². The summed E-state index contributed by atoms with van der Waals surface area (Å²) in [7, 11) is 3.93. The second-order valence-electron chi connectivity index (χ2n) is 12.1. The highest BCUT2D eigenvalue weighted by atomic mass is 19.3. The van der Waals surface area contributed by atoms with Gasteiger partial charge in [0.15, 0.2) is 5.69 Å². The standard InChI is InChI=1S/C29H38F2N8O3/c1-35(15-17-12-20(13-17)38-16-21(32)26(34-38)28(30)31)18-8-10-37(11-9-18)22-4-3-5-23-27(22)36(2)29(42)39(23)19-6-7-24(40)33-25(41)14-19/h3-5,16-20,28H,6-15,32H2,1-2H3,(H,33,40,41). The lowest BCUT2D eigenvalue weighted by atomic mass is 9.79. The Kier molecular flexibility index (Phi) is 7.54. The van der Waals surface area contributed by atoms with Gasteiger partial charge in [-0.05, 0) is 57.2 Å². The van der Waals surface area contributed by atoms with Gasteiger partial charge in [0.2, 0.25) is 11.8 Å². The summed E-state index contributed by atoms with van der Waals surface area (Å²) in [4.78, 5) is 42.3. The SMILES string of the molecule is CN(CC1CC(n2cc(N)c(C(F)F)n2)C1)C1CCN(c2cccc3c2n(C)c(=O)n3C2CCC(=O)NC(=O)C2)CC1. The first-order valence-corrected chi connectivity index (χ1v) is 14.7. The van der Waals surface area contributed by atoms with E-state index < -0.39 is 6.43 Å². The van der Waals surface area contributed by atoms with Gasteiger partial charge in [-0.25, -0.2) is 13.6 Å². The van der Waals surface area contributed by atoms with Gasteiger partial charge in [0.1, 0.15) is 0 Å². The molecule has 0 bridgehead atoms. The van der Waals surface area contributed by atoms with Gasteiger partial charge >= 0.3 is 5.69 Å². The van der Waals surface area contributed by atoms with Crippen molar-refractivity contribution in [3.05, 3.63) is 40.6 Å². The molecule has 13 heteroatoms. The molecule has 1 atom stereocenters. The van der Waals surface area contributed by atoms with E-state index in [9.17, 15) is 23.2 Å². The van der Waals surface area contributed by atoms with Crippen LogP contribution in [0.3, 0.4) is 0 Å². The number of nitrogens with one attached hydrogen (secondary N) is 1. The number of nitrogen functional groups attached to an aromatic ring is 1. The molecule has 1 saturated carbocycles.